The van der Waals surface area contributed by atoms with Gasteiger partial charge in [-0.15, -0.1) is 0 Å². The number of carboxylic acid groups (broad SMARTS) is 1. The van der Waals surface area contributed by atoms with Crippen LogP contribution in [0.5, 0.6) is 0 Å². The Morgan fingerprint density at radius 2 is 2.00 bits per heavy atom. The molecular formula is C22H29FO5. The second-order valence-electron chi connectivity index (χ2n) is 9.92. The molecule has 4 aliphatic carbocycles. The fourth-order valence-corrected chi connectivity index (χ4v) is 7.56. The zero-order chi connectivity index (χ0) is 20.6. The van der Waals surface area contributed by atoms with Crippen LogP contribution in [-0.4, -0.2) is 45.5 Å². The van der Waals surface area contributed by atoms with Crippen LogP contribution >= 0.6 is 0 Å². The van der Waals surface area contributed by atoms with Crippen molar-refractivity contribution in [1.29, 1.82) is 0 Å². The average Bonchev–Trinajstić information content (AvgIpc) is 2.85. The molecule has 0 aromatic heterocycles. The molecule has 4 rings (SSSR count). The van der Waals surface area contributed by atoms with Gasteiger partial charge in [0.15, 0.2) is 11.9 Å². The van der Waals surface area contributed by atoms with Crippen molar-refractivity contribution in [1.82, 2.24) is 0 Å². The Morgan fingerprint density at radius 1 is 1.32 bits per heavy atom. The van der Waals surface area contributed by atoms with Crippen molar-refractivity contribution >= 4 is 11.8 Å². The Morgan fingerprint density at radius 3 is 2.64 bits per heavy atom. The van der Waals surface area contributed by atoms with Crippen LogP contribution < -0.4 is 0 Å². The standard InChI is InChI=1S/C22H29FO5/c1-10-6-13-12-8-15(23)14-7-11(24)4-5-21(14,2)18(12)16(25)9-22(13,3)17(10)19(26)20(27)28/h4-5,7,10,12-13,15-19,25-26H,6,8-9H2,1-3H3,(H,27,28)/t10-,12+,13+,15+,16+,17-,18-,19-,21+,22+/m1/s1. The van der Waals surface area contributed by atoms with Gasteiger partial charge < -0.3 is 15.3 Å². The van der Waals surface area contributed by atoms with E-state index in [1.807, 2.05) is 20.8 Å². The van der Waals surface area contributed by atoms with Gasteiger partial charge in [-0.3, -0.25) is 4.79 Å². The molecule has 10 atom stereocenters. The number of fused-ring (bicyclic) bond motifs is 5. The summed E-state index contributed by atoms with van der Waals surface area (Å²) in [6.45, 7) is 5.81. The van der Waals surface area contributed by atoms with E-state index in [1.54, 1.807) is 6.08 Å². The first kappa shape index (κ1) is 19.8. The topological polar surface area (TPSA) is 94.8 Å². The monoisotopic (exact) mass is 392 g/mol. The van der Waals surface area contributed by atoms with E-state index in [0.717, 1.165) is 0 Å². The minimum absolute atomic E-state index is 0.0255. The Labute approximate surface area is 164 Å². The molecule has 3 saturated carbocycles. The highest BCUT2D eigenvalue weighted by atomic mass is 19.1. The van der Waals surface area contributed by atoms with Crippen LogP contribution in [0, 0.1) is 40.4 Å². The maximum Gasteiger partial charge on any atom is 0.332 e. The van der Waals surface area contributed by atoms with Gasteiger partial charge in [0.2, 0.25) is 0 Å². The third-order valence-electron chi connectivity index (χ3n) is 8.50. The van der Waals surface area contributed by atoms with E-state index in [9.17, 15) is 24.9 Å². The Balaban J connectivity index is 1.76. The molecule has 0 aliphatic heterocycles. The molecule has 0 heterocycles. The van der Waals surface area contributed by atoms with Crippen molar-refractivity contribution in [2.75, 3.05) is 0 Å². The number of halogens is 1. The molecule has 0 spiro atoms. The fourth-order valence-electron chi connectivity index (χ4n) is 7.56. The summed E-state index contributed by atoms with van der Waals surface area (Å²) in [5, 5.41) is 31.0. The summed E-state index contributed by atoms with van der Waals surface area (Å²) < 4.78 is 15.2. The lowest BCUT2D eigenvalue weighted by Crippen LogP contribution is -2.58. The minimum atomic E-state index is -1.49. The Bertz CT molecular complexity index is 775. The number of carbonyl (C=O) groups excluding carboxylic acids is 1. The first-order valence-electron chi connectivity index (χ1n) is 10.2. The summed E-state index contributed by atoms with van der Waals surface area (Å²) >= 11 is 0. The zero-order valence-corrected chi connectivity index (χ0v) is 16.5. The lowest BCUT2D eigenvalue weighted by atomic mass is 9.46. The third kappa shape index (κ3) is 2.50. The van der Waals surface area contributed by atoms with E-state index in [0.29, 0.717) is 18.4 Å². The van der Waals surface area contributed by atoms with Crippen molar-refractivity contribution in [3.05, 3.63) is 23.8 Å². The van der Waals surface area contributed by atoms with Gasteiger partial charge in [0.1, 0.15) is 6.17 Å². The van der Waals surface area contributed by atoms with Gasteiger partial charge in [-0.1, -0.05) is 26.8 Å². The highest BCUT2D eigenvalue weighted by Gasteiger charge is 2.65. The van der Waals surface area contributed by atoms with E-state index in [-0.39, 0.29) is 35.9 Å². The van der Waals surface area contributed by atoms with Crippen LogP contribution in [-0.2, 0) is 9.59 Å². The summed E-state index contributed by atoms with van der Waals surface area (Å²) in [6.07, 6.45) is 2.42. The zero-order valence-electron chi connectivity index (χ0n) is 16.5. The van der Waals surface area contributed by atoms with Gasteiger partial charge in [-0.05, 0) is 60.2 Å². The third-order valence-corrected chi connectivity index (χ3v) is 8.50. The number of ketones is 1. The number of alkyl halides is 1. The molecule has 3 N–H and O–H groups in total. The van der Waals surface area contributed by atoms with Gasteiger partial charge in [0.05, 0.1) is 6.10 Å². The molecule has 0 aromatic rings. The number of rotatable bonds is 2. The maximum absolute atomic E-state index is 15.2. The van der Waals surface area contributed by atoms with Gasteiger partial charge in [-0.25, -0.2) is 9.18 Å². The highest BCUT2D eigenvalue weighted by Crippen LogP contribution is 2.67. The smallest absolute Gasteiger partial charge is 0.332 e. The van der Waals surface area contributed by atoms with E-state index in [2.05, 4.69) is 0 Å². The van der Waals surface area contributed by atoms with Crippen LogP contribution in [0.25, 0.3) is 0 Å². The predicted molar refractivity (Wildman–Crippen MR) is 100.0 cm³/mol. The van der Waals surface area contributed by atoms with Gasteiger partial charge in [0, 0.05) is 17.3 Å². The molecule has 28 heavy (non-hydrogen) atoms. The summed E-state index contributed by atoms with van der Waals surface area (Å²) in [4.78, 5) is 23.3. The van der Waals surface area contributed by atoms with Gasteiger partial charge in [0.25, 0.3) is 0 Å². The molecule has 0 radical (unpaired) electrons. The number of aliphatic hydroxyl groups excluding tert-OH is 2. The number of carbonyl (C=O) groups is 2. The van der Waals surface area contributed by atoms with E-state index in [4.69, 9.17) is 0 Å². The summed E-state index contributed by atoms with van der Waals surface area (Å²) in [6, 6.07) is 0. The first-order chi connectivity index (χ1) is 13.0. The summed E-state index contributed by atoms with van der Waals surface area (Å²) in [5.74, 6) is -2.29. The Kier molecular flexibility index (Phi) is 4.40. The quantitative estimate of drug-likeness (QED) is 0.671. The molecule has 3 fully saturated rings. The lowest BCUT2D eigenvalue weighted by Gasteiger charge is -2.59. The number of hydrogen-bond acceptors (Lipinski definition) is 4. The maximum atomic E-state index is 15.2. The molecular weight excluding hydrogens is 363 g/mol. The lowest BCUT2D eigenvalue weighted by molar-refractivity contribution is -0.163. The summed E-state index contributed by atoms with van der Waals surface area (Å²) in [5.41, 5.74) is -0.829. The summed E-state index contributed by atoms with van der Waals surface area (Å²) in [7, 11) is 0. The minimum Gasteiger partial charge on any atom is -0.479 e. The van der Waals surface area contributed by atoms with Crippen molar-refractivity contribution in [3.8, 4) is 0 Å². The second-order valence-corrected chi connectivity index (χ2v) is 9.92. The van der Waals surface area contributed by atoms with Crippen LogP contribution in [0.2, 0.25) is 0 Å². The van der Waals surface area contributed by atoms with Gasteiger partial charge in [-0.2, -0.15) is 0 Å². The average molecular weight is 392 g/mol. The predicted octanol–water partition coefficient (Wildman–Crippen LogP) is 2.52. The van der Waals surface area contributed by atoms with Gasteiger partial charge >= 0.3 is 5.97 Å². The van der Waals surface area contributed by atoms with E-state index in [1.165, 1.54) is 12.2 Å². The van der Waals surface area contributed by atoms with Crippen molar-refractivity contribution in [3.63, 3.8) is 0 Å². The van der Waals surface area contributed by atoms with Crippen LogP contribution in [0.4, 0.5) is 4.39 Å². The molecule has 0 amide bonds. The van der Waals surface area contributed by atoms with Crippen LogP contribution in [0.1, 0.15) is 40.0 Å². The molecule has 5 nitrogen and oxygen atoms in total. The molecule has 0 bridgehead atoms. The highest BCUT2D eigenvalue weighted by molar-refractivity contribution is 6.01. The largest absolute Gasteiger partial charge is 0.479 e. The molecule has 0 saturated heterocycles. The number of aliphatic hydroxyl groups is 2. The SMILES string of the molecule is C[C@@H]1C[C@H]2[C@@H]3C[C@H](F)C4=CC(=O)C=C[C@]4(C)[C@H]3[C@@H](O)C[C@]2(C)[C@H]1[C@@H](O)C(=O)O. The number of aliphatic carboxylic acids is 1. The molecule has 0 aromatic carbocycles. The van der Waals surface area contributed by atoms with E-state index < -0.39 is 41.1 Å². The van der Waals surface area contributed by atoms with Crippen molar-refractivity contribution < 1.29 is 29.3 Å². The second kappa shape index (κ2) is 6.23. The molecule has 154 valence electrons. The van der Waals surface area contributed by atoms with Crippen molar-refractivity contribution in [2.45, 2.75) is 58.4 Å². The molecule has 6 heteroatoms. The normalized spacial score (nSPS) is 51.0. The van der Waals surface area contributed by atoms with E-state index >= 15 is 4.39 Å². The van der Waals surface area contributed by atoms with Crippen molar-refractivity contribution in [2.24, 2.45) is 40.4 Å². The Hall–Kier alpha value is -1.53. The number of allylic oxidation sites excluding steroid dienone is 4. The first-order valence-corrected chi connectivity index (χ1v) is 10.2. The number of carboxylic acids is 1. The molecule has 0 unspecified atom stereocenters. The van der Waals surface area contributed by atoms with Crippen LogP contribution in [0.15, 0.2) is 23.8 Å². The van der Waals surface area contributed by atoms with Crippen LogP contribution in [0.3, 0.4) is 0 Å². The fraction of sp³-hybridized carbons (Fsp3) is 0.727. The number of hydrogen-bond donors (Lipinski definition) is 3. The molecule has 4 aliphatic rings.